The zero-order valence-corrected chi connectivity index (χ0v) is 20.2. The van der Waals surface area contributed by atoms with Crippen molar-refractivity contribution < 1.29 is 17.3 Å². The summed E-state index contributed by atoms with van der Waals surface area (Å²) in [7, 11) is -2.34. The van der Waals surface area contributed by atoms with Crippen molar-refractivity contribution in [3.05, 3.63) is 34.2 Å². The van der Waals surface area contributed by atoms with Gasteiger partial charge in [-0.15, -0.1) is 0 Å². The van der Waals surface area contributed by atoms with Gasteiger partial charge in [0, 0.05) is 7.05 Å². The summed E-state index contributed by atoms with van der Waals surface area (Å²) in [5.74, 6) is 0.636. The number of aromatic amines is 1. The molecule has 3 rings (SSSR count). The Hall–Kier alpha value is -2.72. The summed E-state index contributed by atoms with van der Waals surface area (Å²) in [6, 6.07) is 4.41. The standard InChI is InChI=1S/C22H30N4O5S/c1-7-9-16-18-19(26(6)25-16)21(27)24-20(23-18)15-13-14(10-11-17(15)30-12-8-2)32(28,29)31-22(3,4)5/h10-11,13H,7-9,12H2,1-6H3,(H,23,24,27). The van der Waals surface area contributed by atoms with Crippen molar-refractivity contribution in [2.45, 2.75) is 64.4 Å². The minimum absolute atomic E-state index is 0.0472. The highest BCUT2D eigenvalue weighted by atomic mass is 32.2. The third kappa shape index (κ3) is 5.02. The molecule has 0 saturated carbocycles. The van der Waals surface area contributed by atoms with Crippen molar-refractivity contribution in [3.8, 4) is 17.1 Å². The molecule has 0 spiro atoms. The lowest BCUT2D eigenvalue weighted by atomic mass is 10.1. The number of nitrogens with zero attached hydrogens (tertiary/aromatic N) is 3. The zero-order chi connectivity index (χ0) is 23.7. The molecule has 0 atom stereocenters. The van der Waals surface area contributed by atoms with Gasteiger partial charge < -0.3 is 9.72 Å². The van der Waals surface area contributed by atoms with Gasteiger partial charge >= 0.3 is 0 Å². The van der Waals surface area contributed by atoms with Gasteiger partial charge in [-0.25, -0.2) is 4.98 Å². The third-order valence-electron chi connectivity index (χ3n) is 4.57. The number of hydrogen-bond acceptors (Lipinski definition) is 7. The van der Waals surface area contributed by atoms with Crippen LogP contribution >= 0.6 is 0 Å². The number of hydrogen-bond donors (Lipinski definition) is 1. The summed E-state index contributed by atoms with van der Waals surface area (Å²) in [6.07, 6.45) is 2.28. The molecular weight excluding hydrogens is 432 g/mol. The predicted octanol–water partition coefficient (Wildman–Crippen LogP) is 3.57. The van der Waals surface area contributed by atoms with Crippen LogP contribution in [-0.4, -0.2) is 40.4 Å². The Bertz CT molecular complexity index is 1290. The fourth-order valence-corrected chi connectivity index (χ4v) is 4.60. The molecule has 9 nitrogen and oxygen atoms in total. The first-order chi connectivity index (χ1) is 15.0. The minimum atomic E-state index is -4.04. The van der Waals surface area contributed by atoms with E-state index in [0.717, 1.165) is 12.8 Å². The molecule has 0 aliphatic rings. The van der Waals surface area contributed by atoms with Crippen molar-refractivity contribution in [1.82, 2.24) is 19.7 Å². The molecule has 174 valence electrons. The highest BCUT2D eigenvalue weighted by molar-refractivity contribution is 7.86. The lowest BCUT2D eigenvalue weighted by Crippen LogP contribution is -2.24. The smallest absolute Gasteiger partial charge is 0.297 e. The first-order valence-corrected chi connectivity index (χ1v) is 12.1. The van der Waals surface area contributed by atoms with Gasteiger partial charge in [0.2, 0.25) is 0 Å². The van der Waals surface area contributed by atoms with Crippen LogP contribution in [0.2, 0.25) is 0 Å². The Morgan fingerprint density at radius 2 is 1.88 bits per heavy atom. The van der Waals surface area contributed by atoms with Gasteiger partial charge in [-0.05, 0) is 51.8 Å². The molecule has 10 heteroatoms. The van der Waals surface area contributed by atoms with Crippen molar-refractivity contribution >= 4 is 21.2 Å². The summed E-state index contributed by atoms with van der Waals surface area (Å²) in [4.78, 5) is 20.2. The van der Waals surface area contributed by atoms with Crippen LogP contribution in [0.3, 0.4) is 0 Å². The maximum Gasteiger partial charge on any atom is 0.297 e. The van der Waals surface area contributed by atoms with E-state index < -0.39 is 15.7 Å². The SMILES string of the molecule is CCCOc1ccc(S(=O)(=O)OC(C)(C)C)cc1-c1nc2c(CCC)nn(C)c2c(=O)[nH]1. The van der Waals surface area contributed by atoms with E-state index in [9.17, 15) is 13.2 Å². The van der Waals surface area contributed by atoms with E-state index in [1.54, 1.807) is 33.9 Å². The number of aryl methyl sites for hydroxylation is 2. The topological polar surface area (TPSA) is 116 Å². The lowest BCUT2D eigenvalue weighted by Gasteiger charge is -2.19. The molecule has 2 aromatic heterocycles. The van der Waals surface area contributed by atoms with Crippen molar-refractivity contribution in [1.29, 1.82) is 0 Å². The second-order valence-corrected chi connectivity index (χ2v) is 10.1. The minimum Gasteiger partial charge on any atom is -0.493 e. The first-order valence-electron chi connectivity index (χ1n) is 10.7. The van der Waals surface area contributed by atoms with Gasteiger partial charge in [-0.3, -0.25) is 13.7 Å². The van der Waals surface area contributed by atoms with Gasteiger partial charge in [0.15, 0.2) is 5.52 Å². The molecule has 0 saturated heterocycles. The van der Waals surface area contributed by atoms with E-state index in [1.807, 2.05) is 13.8 Å². The van der Waals surface area contributed by atoms with Crippen molar-refractivity contribution in [3.63, 3.8) is 0 Å². The summed E-state index contributed by atoms with van der Waals surface area (Å²) >= 11 is 0. The molecule has 0 unspecified atom stereocenters. The molecule has 1 aromatic carbocycles. The van der Waals surface area contributed by atoms with Crippen LogP contribution in [-0.2, 0) is 27.8 Å². The quantitative estimate of drug-likeness (QED) is 0.509. The number of aromatic nitrogens is 4. The highest BCUT2D eigenvalue weighted by Crippen LogP contribution is 2.32. The van der Waals surface area contributed by atoms with Crippen molar-refractivity contribution in [2.24, 2.45) is 7.05 Å². The molecule has 2 heterocycles. The fraction of sp³-hybridized carbons (Fsp3) is 0.500. The van der Waals surface area contributed by atoms with Crippen LogP contribution in [0, 0.1) is 0 Å². The predicted molar refractivity (Wildman–Crippen MR) is 122 cm³/mol. The van der Waals surface area contributed by atoms with Crippen LogP contribution < -0.4 is 10.3 Å². The van der Waals surface area contributed by atoms with Crippen molar-refractivity contribution in [2.75, 3.05) is 6.61 Å². The Morgan fingerprint density at radius 3 is 2.50 bits per heavy atom. The number of ether oxygens (including phenoxy) is 1. The van der Waals surface area contributed by atoms with E-state index in [4.69, 9.17) is 8.92 Å². The van der Waals surface area contributed by atoms with Gasteiger partial charge in [0.1, 0.15) is 17.1 Å². The third-order valence-corrected chi connectivity index (χ3v) is 6.12. The molecule has 0 amide bonds. The molecule has 3 aromatic rings. The number of H-pyrrole nitrogens is 1. The number of benzene rings is 1. The summed E-state index contributed by atoms with van der Waals surface area (Å²) in [5, 5.41) is 4.43. The molecule has 0 aliphatic carbocycles. The van der Waals surface area contributed by atoms with Crippen LogP contribution in [0.25, 0.3) is 22.4 Å². The Morgan fingerprint density at radius 1 is 1.16 bits per heavy atom. The van der Waals surface area contributed by atoms with Crippen LogP contribution in [0.4, 0.5) is 0 Å². The maximum atomic E-state index is 12.9. The average Bonchev–Trinajstić information content (AvgIpc) is 3.00. The summed E-state index contributed by atoms with van der Waals surface area (Å²) < 4.78 is 38.3. The second-order valence-electron chi connectivity index (χ2n) is 8.59. The first kappa shape index (κ1) is 23.9. The zero-order valence-electron chi connectivity index (χ0n) is 19.4. The second kappa shape index (κ2) is 9.03. The van der Waals surface area contributed by atoms with Crippen LogP contribution in [0.5, 0.6) is 5.75 Å². The molecule has 32 heavy (non-hydrogen) atoms. The molecule has 1 N–H and O–H groups in total. The number of fused-ring (bicyclic) bond motifs is 1. The van der Waals surface area contributed by atoms with Gasteiger partial charge in [0.25, 0.3) is 15.7 Å². The normalized spacial score (nSPS) is 12.4. The van der Waals surface area contributed by atoms with Crippen LogP contribution in [0.1, 0.15) is 53.2 Å². The van der Waals surface area contributed by atoms with Gasteiger partial charge in [0.05, 0.1) is 28.4 Å². The molecule has 0 aliphatic heterocycles. The van der Waals surface area contributed by atoms with E-state index in [2.05, 4.69) is 15.1 Å². The molecule has 0 fully saturated rings. The van der Waals surface area contributed by atoms with E-state index in [1.165, 1.54) is 16.8 Å². The maximum absolute atomic E-state index is 12.9. The summed E-state index contributed by atoms with van der Waals surface area (Å²) in [5.41, 5.74) is 0.687. The van der Waals surface area contributed by atoms with E-state index in [-0.39, 0.29) is 16.3 Å². The number of rotatable bonds is 8. The van der Waals surface area contributed by atoms with E-state index >= 15 is 0 Å². The van der Waals surface area contributed by atoms with Gasteiger partial charge in [-0.1, -0.05) is 20.3 Å². The Balaban J connectivity index is 2.23. The molecular formula is C22H30N4O5S. The monoisotopic (exact) mass is 462 g/mol. The van der Waals surface area contributed by atoms with E-state index in [0.29, 0.717) is 41.1 Å². The number of nitrogens with one attached hydrogen (secondary N) is 1. The van der Waals surface area contributed by atoms with Gasteiger partial charge in [-0.2, -0.15) is 13.5 Å². The molecule has 0 bridgehead atoms. The summed E-state index contributed by atoms with van der Waals surface area (Å²) in [6.45, 7) is 9.40. The fourth-order valence-electron chi connectivity index (χ4n) is 3.34. The largest absolute Gasteiger partial charge is 0.493 e. The Kier molecular flexibility index (Phi) is 6.75. The molecule has 0 radical (unpaired) electrons. The Labute approximate surface area is 187 Å². The lowest BCUT2D eigenvalue weighted by molar-refractivity contribution is 0.139. The van der Waals surface area contributed by atoms with Crippen LogP contribution in [0.15, 0.2) is 27.9 Å². The average molecular weight is 463 g/mol. The highest BCUT2D eigenvalue weighted by Gasteiger charge is 2.26.